The van der Waals surface area contributed by atoms with Gasteiger partial charge in [0.15, 0.2) is 5.78 Å². The number of anilines is 2. The molecule has 4 atom stereocenters. The highest BCUT2D eigenvalue weighted by Crippen LogP contribution is 2.50. The number of hydrogen-bond acceptors (Lipinski definition) is 7. The third-order valence-electron chi connectivity index (χ3n) is 7.70. The minimum absolute atomic E-state index is 0.172. The van der Waals surface area contributed by atoms with Gasteiger partial charge >= 0.3 is 0 Å². The Labute approximate surface area is 218 Å². The minimum atomic E-state index is -0.962. The first-order chi connectivity index (χ1) is 18.3. The van der Waals surface area contributed by atoms with E-state index in [1.54, 1.807) is 31.2 Å². The summed E-state index contributed by atoms with van der Waals surface area (Å²) in [4.78, 5) is 55.9. The van der Waals surface area contributed by atoms with E-state index in [-0.39, 0.29) is 17.2 Å². The molecule has 9 nitrogen and oxygen atoms in total. The lowest BCUT2D eigenvalue weighted by atomic mass is 9.86. The van der Waals surface area contributed by atoms with Gasteiger partial charge in [-0.05, 0) is 48.4 Å². The molecule has 0 N–H and O–H groups in total. The molecule has 190 valence electrons. The van der Waals surface area contributed by atoms with Crippen LogP contribution >= 0.6 is 0 Å². The first-order valence-electron chi connectivity index (χ1n) is 12.2. The van der Waals surface area contributed by atoms with E-state index < -0.39 is 40.7 Å². The zero-order valence-corrected chi connectivity index (χ0v) is 20.6. The van der Waals surface area contributed by atoms with E-state index in [2.05, 4.69) is 0 Å². The Balaban J connectivity index is 1.49. The van der Waals surface area contributed by atoms with Crippen LogP contribution in [0.15, 0.2) is 72.8 Å². The van der Waals surface area contributed by atoms with Crippen LogP contribution in [0.4, 0.5) is 17.1 Å². The highest BCUT2D eigenvalue weighted by Gasteiger charge is 2.64. The molecule has 6 rings (SSSR count). The van der Waals surface area contributed by atoms with Crippen LogP contribution in [0.5, 0.6) is 5.75 Å². The lowest BCUT2D eigenvalue weighted by Gasteiger charge is -2.36. The van der Waals surface area contributed by atoms with Gasteiger partial charge in [-0.1, -0.05) is 36.4 Å². The zero-order chi connectivity index (χ0) is 26.7. The first-order valence-corrected chi connectivity index (χ1v) is 12.2. The summed E-state index contributed by atoms with van der Waals surface area (Å²) in [6.45, 7) is 1.69. The Hall–Kier alpha value is -4.79. The predicted octanol–water partition coefficient (Wildman–Crippen LogP) is 4.18. The molecule has 0 spiro atoms. The van der Waals surface area contributed by atoms with E-state index in [0.717, 1.165) is 16.2 Å². The van der Waals surface area contributed by atoms with Gasteiger partial charge in [0.1, 0.15) is 11.8 Å². The van der Waals surface area contributed by atoms with Gasteiger partial charge in [0.25, 0.3) is 5.69 Å². The maximum atomic E-state index is 14.1. The van der Waals surface area contributed by atoms with Crippen LogP contribution in [0, 0.1) is 28.9 Å². The van der Waals surface area contributed by atoms with E-state index >= 15 is 0 Å². The van der Waals surface area contributed by atoms with E-state index in [9.17, 15) is 24.5 Å². The normalized spacial score (nSPS) is 23.2. The summed E-state index contributed by atoms with van der Waals surface area (Å²) in [6, 6.07) is 16.9. The maximum absolute atomic E-state index is 14.1. The van der Waals surface area contributed by atoms with Crippen molar-refractivity contribution in [3.8, 4) is 5.75 Å². The molecule has 0 radical (unpaired) electrons. The number of benzene rings is 3. The smallest absolute Gasteiger partial charge is 0.271 e. The molecule has 2 amide bonds. The van der Waals surface area contributed by atoms with Gasteiger partial charge < -0.3 is 9.64 Å². The van der Waals surface area contributed by atoms with Gasteiger partial charge in [0, 0.05) is 23.4 Å². The van der Waals surface area contributed by atoms with Crippen molar-refractivity contribution in [2.45, 2.75) is 19.0 Å². The van der Waals surface area contributed by atoms with Gasteiger partial charge in [0.2, 0.25) is 11.8 Å². The van der Waals surface area contributed by atoms with Crippen molar-refractivity contribution in [2.75, 3.05) is 16.9 Å². The molecule has 2 fully saturated rings. The molecular weight excluding hydrogens is 486 g/mol. The highest BCUT2D eigenvalue weighted by atomic mass is 16.6. The molecule has 0 aliphatic carbocycles. The number of carbonyl (C=O) groups excluding carboxylic acids is 3. The highest BCUT2D eigenvalue weighted by molar-refractivity contribution is 6.26. The topological polar surface area (TPSA) is 110 Å². The number of Topliss-reactive ketones (excluding diaryl/α,β-unsaturated/α-hetero) is 1. The number of para-hydroxylation sites is 1. The molecule has 3 aromatic rings. The van der Waals surface area contributed by atoms with Crippen molar-refractivity contribution >= 4 is 40.7 Å². The van der Waals surface area contributed by atoms with Gasteiger partial charge in [0.05, 0.1) is 35.6 Å². The van der Waals surface area contributed by atoms with Crippen LogP contribution in [0.2, 0.25) is 0 Å². The fraction of sp³-hybridized carbons (Fsp3) is 0.207. The van der Waals surface area contributed by atoms with Gasteiger partial charge in [-0.15, -0.1) is 0 Å². The van der Waals surface area contributed by atoms with Crippen LogP contribution in [0.3, 0.4) is 0 Å². The molecule has 3 aromatic carbocycles. The number of aryl methyl sites for hydroxylation is 1. The van der Waals surface area contributed by atoms with E-state index in [4.69, 9.17) is 4.74 Å². The number of nitro groups is 1. The molecule has 0 aromatic heterocycles. The molecule has 3 aliphatic rings. The van der Waals surface area contributed by atoms with Crippen molar-refractivity contribution in [2.24, 2.45) is 11.8 Å². The summed E-state index contributed by atoms with van der Waals surface area (Å²) in [7, 11) is 1.54. The Morgan fingerprint density at radius 2 is 1.66 bits per heavy atom. The quantitative estimate of drug-likeness (QED) is 0.220. The summed E-state index contributed by atoms with van der Waals surface area (Å²) < 4.78 is 5.22. The summed E-state index contributed by atoms with van der Waals surface area (Å²) in [5, 5.41) is 11.4. The van der Waals surface area contributed by atoms with E-state index in [0.29, 0.717) is 16.9 Å². The van der Waals surface area contributed by atoms with E-state index in [1.807, 2.05) is 41.3 Å². The Morgan fingerprint density at radius 1 is 0.947 bits per heavy atom. The maximum Gasteiger partial charge on any atom is 0.271 e. The monoisotopic (exact) mass is 509 g/mol. The van der Waals surface area contributed by atoms with Crippen LogP contribution in [-0.2, 0) is 9.59 Å². The van der Waals surface area contributed by atoms with Gasteiger partial charge in [-0.3, -0.25) is 24.5 Å². The number of methoxy groups -OCH3 is 1. The molecule has 2 saturated heterocycles. The van der Waals surface area contributed by atoms with Crippen molar-refractivity contribution < 1.29 is 24.0 Å². The second-order valence-electron chi connectivity index (χ2n) is 9.64. The predicted molar refractivity (Wildman–Crippen MR) is 140 cm³/mol. The molecule has 3 aliphatic heterocycles. The molecule has 0 saturated carbocycles. The fourth-order valence-corrected chi connectivity index (χ4v) is 5.93. The van der Waals surface area contributed by atoms with Crippen molar-refractivity contribution in [3.63, 3.8) is 0 Å². The number of rotatable bonds is 5. The van der Waals surface area contributed by atoms with Gasteiger partial charge in [-0.2, -0.15) is 0 Å². The number of carbonyl (C=O) groups is 3. The number of non-ortho nitro benzene ring substituents is 1. The van der Waals surface area contributed by atoms with Crippen molar-refractivity contribution in [3.05, 3.63) is 99.6 Å². The Bertz CT molecular complexity index is 1550. The zero-order valence-electron chi connectivity index (χ0n) is 20.6. The number of imide groups is 1. The van der Waals surface area contributed by atoms with Crippen molar-refractivity contribution in [1.82, 2.24) is 0 Å². The molecular formula is C29H23N3O6. The molecule has 3 heterocycles. The van der Waals surface area contributed by atoms with Crippen LogP contribution < -0.4 is 14.5 Å². The molecule has 38 heavy (non-hydrogen) atoms. The van der Waals surface area contributed by atoms with Crippen LogP contribution in [0.1, 0.15) is 21.5 Å². The number of ether oxygens (including phenoxy) is 1. The SMILES string of the molecule is COc1ccc(C(=O)[C@@H]2[C@@H]3C(=O)N(c4cc([N+](=O)[O-])ccc4C)C(=O)[C@H]3[C@@H]3C=Cc4ccccc4N23)cc1. The number of fused-ring (bicyclic) bond motifs is 5. The summed E-state index contributed by atoms with van der Waals surface area (Å²) >= 11 is 0. The lowest BCUT2D eigenvalue weighted by Crippen LogP contribution is -2.49. The second-order valence-corrected chi connectivity index (χ2v) is 9.64. The minimum Gasteiger partial charge on any atom is -0.497 e. The Morgan fingerprint density at radius 3 is 2.37 bits per heavy atom. The summed E-state index contributed by atoms with van der Waals surface area (Å²) in [5.74, 6) is -2.47. The average molecular weight is 510 g/mol. The third kappa shape index (κ3) is 3.35. The van der Waals surface area contributed by atoms with Crippen LogP contribution in [-0.4, -0.2) is 41.7 Å². The van der Waals surface area contributed by atoms with Gasteiger partial charge in [-0.25, -0.2) is 4.90 Å². The first kappa shape index (κ1) is 23.6. The fourth-order valence-electron chi connectivity index (χ4n) is 5.93. The molecule has 9 heteroatoms. The molecule has 0 unspecified atom stereocenters. The second kappa shape index (κ2) is 8.65. The summed E-state index contributed by atoms with van der Waals surface area (Å²) in [5.41, 5.74) is 2.57. The lowest BCUT2D eigenvalue weighted by molar-refractivity contribution is -0.384. The number of nitro benzene ring substituents is 1. The standard InChI is InChI=1S/C29H23N3O6/c1-16-7-11-19(32(36)37)15-23(16)31-28(34)24-22-14-10-17-5-3-4-6-21(17)30(22)26(25(24)29(31)35)27(33)18-8-12-20(38-2)13-9-18/h3-15,22,24-26H,1-2H3/t22-,24-,25+,26-/m0/s1. The number of nitrogens with zero attached hydrogens (tertiary/aromatic N) is 3. The average Bonchev–Trinajstić information content (AvgIpc) is 3.41. The van der Waals surface area contributed by atoms with Crippen LogP contribution in [0.25, 0.3) is 6.08 Å². The number of amides is 2. The Kier molecular flexibility index (Phi) is 5.37. The number of hydrogen-bond donors (Lipinski definition) is 0. The molecule has 0 bridgehead atoms. The number of ketones is 1. The summed E-state index contributed by atoms with van der Waals surface area (Å²) in [6.07, 6.45) is 3.78. The van der Waals surface area contributed by atoms with Crippen molar-refractivity contribution in [1.29, 1.82) is 0 Å². The third-order valence-corrected chi connectivity index (χ3v) is 7.70. The largest absolute Gasteiger partial charge is 0.497 e. The van der Waals surface area contributed by atoms with E-state index in [1.165, 1.54) is 25.3 Å².